The molecule has 3 rings (SSSR count). The van der Waals surface area contributed by atoms with E-state index in [4.69, 9.17) is 0 Å². The first kappa shape index (κ1) is 19.4. The van der Waals surface area contributed by atoms with Crippen molar-refractivity contribution in [1.82, 2.24) is 4.31 Å². The summed E-state index contributed by atoms with van der Waals surface area (Å²) < 4.78 is 53.3. The Morgan fingerprint density at radius 3 is 2.41 bits per heavy atom. The maximum Gasteiger partial charge on any atom is 0.279 e. The van der Waals surface area contributed by atoms with E-state index in [1.54, 1.807) is 30.3 Å². The van der Waals surface area contributed by atoms with Gasteiger partial charge in [0.2, 0.25) is 10.0 Å². The van der Waals surface area contributed by atoms with Gasteiger partial charge in [0.25, 0.3) is 5.91 Å². The van der Waals surface area contributed by atoms with Crippen LogP contribution in [0.2, 0.25) is 0 Å². The summed E-state index contributed by atoms with van der Waals surface area (Å²) in [6.07, 6.45) is 0. The van der Waals surface area contributed by atoms with Crippen LogP contribution in [0.5, 0.6) is 0 Å². The zero-order chi connectivity index (χ0) is 19.4. The number of nitrogens with one attached hydrogen (secondary N) is 2. The van der Waals surface area contributed by atoms with Gasteiger partial charge in [-0.15, -0.1) is 0 Å². The summed E-state index contributed by atoms with van der Waals surface area (Å²) in [5, 5.41) is 2.36. The third kappa shape index (κ3) is 4.68. The van der Waals surface area contributed by atoms with Crippen molar-refractivity contribution in [2.45, 2.75) is 4.90 Å². The predicted octanol–water partition coefficient (Wildman–Crippen LogP) is 0.493. The van der Waals surface area contributed by atoms with Crippen molar-refractivity contribution in [3.63, 3.8) is 0 Å². The number of carbonyl (C=O) groups is 1. The van der Waals surface area contributed by atoms with Crippen LogP contribution in [0.3, 0.4) is 0 Å². The van der Waals surface area contributed by atoms with Crippen molar-refractivity contribution >= 4 is 21.6 Å². The lowest BCUT2D eigenvalue weighted by molar-refractivity contribution is -0.895. The monoisotopic (exact) mass is 396 g/mol. The van der Waals surface area contributed by atoms with Crippen molar-refractivity contribution in [2.75, 3.05) is 38.0 Å². The molecule has 2 N–H and O–H groups in total. The minimum atomic E-state index is -3.54. The molecule has 1 heterocycles. The van der Waals surface area contributed by atoms with Crippen LogP contribution >= 0.6 is 0 Å². The number of carbonyl (C=O) groups excluding carboxylic acids is 1. The smallest absolute Gasteiger partial charge is 0.279 e. The number of hydrogen-bond acceptors (Lipinski definition) is 3. The van der Waals surface area contributed by atoms with Gasteiger partial charge in [0.1, 0.15) is 11.6 Å². The number of anilines is 1. The molecule has 0 aromatic heterocycles. The molecule has 0 radical (unpaired) electrons. The lowest BCUT2D eigenvalue weighted by Gasteiger charge is -2.31. The van der Waals surface area contributed by atoms with E-state index in [0.717, 1.165) is 23.1 Å². The highest BCUT2D eigenvalue weighted by Crippen LogP contribution is 2.16. The van der Waals surface area contributed by atoms with Crippen LogP contribution in [-0.2, 0) is 14.8 Å². The standard InChI is InChI=1S/C18H19F2N3O3S/c19-14-6-7-16(20)17(12-14)21-18(24)13-22-8-10-23(11-9-22)27(25,26)15-4-2-1-3-5-15/h1-7,12H,8-11,13H2,(H,21,24)/p+1. The maximum atomic E-state index is 13.6. The lowest BCUT2D eigenvalue weighted by Crippen LogP contribution is -3.15. The lowest BCUT2D eigenvalue weighted by atomic mass is 10.3. The van der Waals surface area contributed by atoms with Crippen LogP contribution in [0.1, 0.15) is 0 Å². The minimum absolute atomic E-state index is 0.0508. The third-order valence-electron chi connectivity index (χ3n) is 4.42. The molecule has 0 saturated carbocycles. The van der Waals surface area contributed by atoms with Crippen LogP contribution in [0, 0.1) is 11.6 Å². The highest BCUT2D eigenvalue weighted by molar-refractivity contribution is 7.89. The molecule has 1 aliphatic rings. The van der Waals surface area contributed by atoms with Crippen LogP contribution in [0.25, 0.3) is 0 Å². The van der Waals surface area contributed by atoms with Crippen molar-refractivity contribution in [2.24, 2.45) is 0 Å². The Bertz CT molecular complexity index is 915. The highest BCUT2D eigenvalue weighted by Gasteiger charge is 2.31. The second-order valence-corrected chi connectivity index (χ2v) is 8.25. The number of piperazine rings is 1. The molecule has 2 aromatic carbocycles. The van der Waals surface area contributed by atoms with E-state index >= 15 is 0 Å². The van der Waals surface area contributed by atoms with E-state index in [1.807, 2.05) is 0 Å². The van der Waals surface area contributed by atoms with E-state index in [-0.39, 0.29) is 30.2 Å². The van der Waals surface area contributed by atoms with Gasteiger partial charge in [-0.3, -0.25) is 4.79 Å². The molecule has 0 atom stereocenters. The molecule has 6 nitrogen and oxygen atoms in total. The summed E-state index contributed by atoms with van der Waals surface area (Å²) in [5.74, 6) is -1.80. The SMILES string of the molecule is O=C(C[NH+]1CCN(S(=O)(=O)c2ccccc2)CC1)Nc1cc(F)ccc1F. The fourth-order valence-electron chi connectivity index (χ4n) is 2.98. The Balaban J connectivity index is 1.55. The number of benzene rings is 2. The number of nitrogens with zero attached hydrogens (tertiary/aromatic N) is 1. The number of amides is 1. The second kappa shape index (κ2) is 8.12. The largest absolute Gasteiger partial charge is 0.325 e. The Hall–Kier alpha value is -2.36. The Morgan fingerprint density at radius 1 is 1.07 bits per heavy atom. The Kier molecular flexibility index (Phi) is 5.83. The molecule has 0 unspecified atom stereocenters. The number of sulfonamides is 1. The molecule has 27 heavy (non-hydrogen) atoms. The molecular weight excluding hydrogens is 376 g/mol. The molecule has 0 spiro atoms. The fraction of sp³-hybridized carbons (Fsp3) is 0.278. The summed E-state index contributed by atoms with van der Waals surface area (Å²) in [4.78, 5) is 13.2. The van der Waals surface area contributed by atoms with Gasteiger partial charge < -0.3 is 10.2 Å². The zero-order valence-electron chi connectivity index (χ0n) is 14.5. The second-order valence-electron chi connectivity index (χ2n) is 6.32. The van der Waals surface area contributed by atoms with Gasteiger partial charge in [0, 0.05) is 6.07 Å². The molecule has 2 aromatic rings. The van der Waals surface area contributed by atoms with Crippen LogP contribution in [0.15, 0.2) is 53.4 Å². The first-order valence-electron chi connectivity index (χ1n) is 8.50. The number of rotatable bonds is 5. The summed E-state index contributed by atoms with van der Waals surface area (Å²) in [6, 6.07) is 11.0. The normalized spacial score (nSPS) is 16.2. The first-order valence-corrected chi connectivity index (χ1v) is 9.94. The van der Waals surface area contributed by atoms with E-state index in [2.05, 4.69) is 5.32 Å². The van der Waals surface area contributed by atoms with E-state index in [1.165, 1.54) is 4.31 Å². The summed E-state index contributed by atoms with van der Waals surface area (Å²) in [5.41, 5.74) is -0.204. The molecule has 0 aliphatic carbocycles. The van der Waals surface area contributed by atoms with Crippen LogP contribution in [0.4, 0.5) is 14.5 Å². The van der Waals surface area contributed by atoms with E-state index in [0.29, 0.717) is 13.1 Å². The van der Waals surface area contributed by atoms with Gasteiger partial charge in [-0.25, -0.2) is 17.2 Å². The van der Waals surface area contributed by atoms with Crippen molar-refractivity contribution in [3.05, 3.63) is 60.2 Å². The Morgan fingerprint density at radius 2 is 1.74 bits per heavy atom. The van der Waals surface area contributed by atoms with Gasteiger partial charge in [-0.1, -0.05) is 18.2 Å². The molecule has 1 aliphatic heterocycles. The summed E-state index contributed by atoms with van der Waals surface area (Å²) in [7, 11) is -3.54. The number of halogens is 2. The molecule has 1 saturated heterocycles. The minimum Gasteiger partial charge on any atom is -0.325 e. The topological polar surface area (TPSA) is 70.9 Å². The van der Waals surface area contributed by atoms with Crippen molar-refractivity contribution in [3.8, 4) is 0 Å². The highest BCUT2D eigenvalue weighted by atomic mass is 32.2. The molecule has 9 heteroatoms. The van der Waals surface area contributed by atoms with Gasteiger partial charge in [-0.2, -0.15) is 4.31 Å². The van der Waals surface area contributed by atoms with Crippen molar-refractivity contribution < 1.29 is 26.9 Å². The molecule has 0 bridgehead atoms. The maximum absolute atomic E-state index is 13.6. The van der Waals surface area contributed by atoms with Gasteiger partial charge >= 0.3 is 0 Å². The number of hydrogen-bond donors (Lipinski definition) is 2. The Labute approximate surface area is 156 Å². The average molecular weight is 396 g/mol. The van der Waals surface area contributed by atoms with Gasteiger partial charge in [0.15, 0.2) is 6.54 Å². The fourth-order valence-corrected chi connectivity index (χ4v) is 4.44. The van der Waals surface area contributed by atoms with E-state index < -0.39 is 27.6 Å². The van der Waals surface area contributed by atoms with E-state index in [9.17, 15) is 22.0 Å². The van der Waals surface area contributed by atoms with Crippen LogP contribution < -0.4 is 10.2 Å². The molecule has 1 fully saturated rings. The third-order valence-corrected chi connectivity index (χ3v) is 6.34. The van der Waals surface area contributed by atoms with Crippen molar-refractivity contribution in [1.29, 1.82) is 0 Å². The molecular formula is C18H20F2N3O3S+. The average Bonchev–Trinajstić information content (AvgIpc) is 2.66. The summed E-state index contributed by atoms with van der Waals surface area (Å²) >= 11 is 0. The quantitative estimate of drug-likeness (QED) is 0.773. The zero-order valence-corrected chi connectivity index (χ0v) is 15.3. The number of quaternary nitrogens is 1. The van der Waals surface area contributed by atoms with Gasteiger partial charge in [-0.05, 0) is 24.3 Å². The molecule has 1 amide bonds. The predicted molar refractivity (Wildman–Crippen MR) is 95.8 cm³/mol. The summed E-state index contributed by atoms with van der Waals surface area (Å²) in [6.45, 7) is 1.52. The molecule has 144 valence electrons. The van der Waals surface area contributed by atoms with Gasteiger partial charge in [0.05, 0.1) is 36.8 Å². The first-order chi connectivity index (χ1) is 12.9. The van der Waals surface area contributed by atoms with Crippen LogP contribution in [-0.4, -0.2) is 51.4 Å².